The molecular weight excluding hydrogens is 292 g/mol. The lowest BCUT2D eigenvalue weighted by Crippen LogP contribution is -2.35. The summed E-state index contributed by atoms with van der Waals surface area (Å²) in [4.78, 5) is 24.0. The first-order valence-corrected chi connectivity index (χ1v) is 7.98. The smallest absolute Gasteiger partial charge is 0.251 e. The highest BCUT2D eigenvalue weighted by Crippen LogP contribution is 2.21. The van der Waals surface area contributed by atoms with Crippen LogP contribution >= 0.6 is 0 Å². The molecule has 1 aromatic carbocycles. The molecule has 1 atom stereocenters. The van der Waals surface area contributed by atoms with Gasteiger partial charge in [-0.05, 0) is 56.9 Å². The van der Waals surface area contributed by atoms with E-state index in [0.29, 0.717) is 24.1 Å². The van der Waals surface area contributed by atoms with Crippen molar-refractivity contribution in [1.82, 2.24) is 10.6 Å². The molecule has 2 amide bonds. The van der Waals surface area contributed by atoms with Gasteiger partial charge in [-0.2, -0.15) is 0 Å². The van der Waals surface area contributed by atoms with Gasteiger partial charge in [-0.15, -0.1) is 0 Å². The Kier molecular flexibility index (Phi) is 6.76. The van der Waals surface area contributed by atoms with Crippen LogP contribution in [0.1, 0.15) is 61.8 Å². The highest BCUT2D eigenvalue weighted by Gasteiger charge is 2.21. The van der Waals surface area contributed by atoms with E-state index in [0.717, 1.165) is 0 Å². The molecule has 0 fully saturated rings. The molecule has 5 nitrogen and oxygen atoms in total. The molecule has 0 heterocycles. The van der Waals surface area contributed by atoms with Crippen LogP contribution in [0.15, 0.2) is 24.3 Å². The minimum Gasteiger partial charge on any atom is -0.393 e. The number of rotatable bonds is 7. The first-order valence-electron chi connectivity index (χ1n) is 7.98. The maximum Gasteiger partial charge on any atom is 0.251 e. The molecule has 0 bridgehead atoms. The van der Waals surface area contributed by atoms with Crippen LogP contribution in [0.2, 0.25) is 0 Å². The normalized spacial score (nSPS) is 12.8. The van der Waals surface area contributed by atoms with Gasteiger partial charge in [0.05, 0.1) is 6.10 Å². The number of nitrogens with one attached hydrogen (secondary N) is 2. The van der Waals surface area contributed by atoms with E-state index in [1.54, 1.807) is 31.2 Å². The van der Waals surface area contributed by atoms with Crippen LogP contribution in [0.5, 0.6) is 0 Å². The van der Waals surface area contributed by atoms with Crippen molar-refractivity contribution in [2.45, 2.75) is 53.2 Å². The lowest BCUT2D eigenvalue weighted by atomic mass is 9.87. The van der Waals surface area contributed by atoms with Crippen LogP contribution in [0.3, 0.4) is 0 Å². The number of carbonyl (C=O) groups excluding carboxylic acids is 2. The van der Waals surface area contributed by atoms with Gasteiger partial charge >= 0.3 is 0 Å². The molecule has 0 saturated carbocycles. The van der Waals surface area contributed by atoms with Crippen molar-refractivity contribution in [3.63, 3.8) is 0 Å². The fourth-order valence-electron chi connectivity index (χ4n) is 2.41. The van der Waals surface area contributed by atoms with Gasteiger partial charge < -0.3 is 15.7 Å². The predicted molar refractivity (Wildman–Crippen MR) is 91.5 cm³/mol. The van der Waals surface area contributed by atoms with Gasteiger partial charge in [-0.3, -0.25) is 9.59 Å². The van der Waals surface area contributed by atoms with Crippen LogP contribution in [-0.2, 0) is 0 Å². The van der Waals surface area contributed by atoms with Crippen LogP contribution < -0.4 is 10.6 Å². The molecule has 0 spiro atoms. The highest BCUT2D eigenvalue weighted by molar-refractivity contribution is 5.97. The average Bonchev–Trinajstić information content (AvgIpc) is 2.43. The second-order valence-corrected chi connectivity index (χ2v) is 7.11. The van der Waals surface area contributed by atoms with Crippen molar-refractivity contribution >= 4 is 11.8 Å². The monoisotopic (exact) mass is 320 g/mol. The molecule has 3 N–H and O–H groups in total. The Bertz CT molecular complexity index is 534. The number of aliphatic hydroxyl groups is 1. The Morgan fingerprint density at radius 1 is 1.04 bits per heavy atom. The largest absolute Gasteiger partial charge is 0.393 e. The molecule has 1 aromatic rings. The molecule has 23 heavy (non-hydrogen) atoms. The predicted octanol–water partition coefficient (Wildman–Crippen LogP) is 2.35. The van der Waals surface area contributed by atoms with E-state index in [4.69, 9.17) is 0 Å². The second-order valence-electron chi connectivity index (χ2n) is 7.11. The molecule has 0 saturated heterocycles. The lowest BCUT2D eigenvalue weighted by molar-refractivity contribution is 0.0900. The summed E-state index contributed by atoms with van der Waals surface area (Å²) in [5, 5.41) is 15.1. The summed E-state index contributed by atoms with van der Waals surface area (Å²) in [7, 11) is 0. The third-order valence-electron chi connectivity index (χ3n) is 3.40. The van der Waals surface area contributed by atoms with Gasteiger partial charge in [0.25, 0.3) is 11.8 Å². The number of hydrogen-bond acceptors (Lipinski definition) is 3. The summed E-state index contributed by atoms with van der Waals surface area (Å²) in [6.07, 6.45) is 0.211. The second kappa shape index (κ2) is 8.11. The number of carbonyl (C=O) groups is 2. The van der Waals surface area contributed by atoms with Crippen LogP contribution in [0.25, 0.3) is 0 Å². The minimum atomic E-state index is -0.402. The van der Waals surface area contributed by atoms with Crippen molar-refractivity contribution in [2.75, 3.05) is 6.54 Å². The maximum atomic E-state index is 12.2. The van der Waals surface area contributed by atoms with Crippen molar-refractivity contribution in [3.8, 4) is 0 Å². The maximum absolute atomic E-state index is 12.2. The average molecular weight is 320 g/mol. The highest BCUT2D eigenvalue weighted by atomic mass is 16.3. The van der Waals surface area contributed by atoms with E-state index in [9.17, 15) is 14.7 Å². The first kappa shape index (κ1) is 19.2. The Morgan fingerprint density at radius 2 is 1.52 bits per heavy atom. The molecule has 0 aromatic heterocycles. The Morgan fingerprint density at radius 3 is 1.96 bits per heavy atom. The van der Waals surface area contributed by atoms with Gasteiger partial charge in [0.2, 0.25) is 0 Å². The van der Waals surface area contributed by atoms with Gasteiger partial charge in [-0.1, -0.05) is 13.8 Å². The molecule has 0 radical (unpaired) electrons. The molecule has 0 aliphatic carbocycles. The SMILES string of the molecule is CC(O)CC(C)(C)CNC(=O)c1ccc(C(=O)NC(C)C)cc1. The van der Waals surface area contributed by atoms with Crippen LogP contribution in [-0.4, -0.2) is 35.6 Å². The Balaban J connectivity index is 2.62. The van der Waals surface area contributed by atoms with E-state index in [1.807, 2.05) is 27.7 Å². The molecule has 1 unspecified atom stereocenters. The quantitative estimate of drug-likeness (QED) is 0.721. The van der Waals surface area contributed by atoms with E-state index in [-0.39, 0.29) is 23.3 Å². The summed E-state index contributed by atoms with van der Waals surface area (Å²) in [6, 6.07) is 6.65. The summed E-state index contributed by atoms with van der Waals surface area (Å²) in [5.41, 5.74) is 0.865. The van der Waals surface area contributed by atoms with E-state index >= 15 is 0 Å². The fourth-order valence-corrected chi connectivity index (χ4v) is 2.41. The van der Waals surface area contributed by atoms with Crippen molar-refractivity contribution in [1.29, 1.82) is 0 Å². The molecule has 0 aliphatic heterocycles. The molecular formula is C18H28N2O3. The number of hydrogen-bond donors (Lipinski definition) is 3. The van der Waals surface area contributed by atoms with E-state index in [1.165, 1.54) is 0 Å². The zero-order valence-electron chi connectivity index (χ0n) is 14.6. The summed E-state index contributed by atoms with van der Waals surface area (Å²) in [5.74, 6) is -0.329. The third-order valence-corrected chi connectivity index (χ3v) is 3.40. The minimum absolute atomic E-state index is 0.0709. The number of amides is 2. The Labute approximate surface area is 138 Å². The molecule has 0 aliphatic rings. The standard InChI is InChI=1S/C18H28N2O3/c1-12(2)20-17(23)15-8-6-14(7-9-15)16(22)19-11-18(4,5)10-13(3)21/h6-9,12-13,21H,10-11H2,1-5H3,(H,19,22)(H,20,23). The van der Waals surface area contributed by atoms with Crippen LogP contribution in [0.4, 0.5) is 0 Å². The molecule has 5 heteroatoms. The zero-order chi connectivity index (χ0) is 17.6. The van der Waals surface area contributed by atoms with Gasteiger partial charge in [0.1, 0.15) is 0 Å². The van der Waals surface area contributed by atoms with Gasteiger partial charge in [0.15, 0.2) is 0 Å². The molecule has 1 rings (SSSR count). The summed E-state index contributed by atoms with van der Waals surface area (Å²) < 4.78 is 0. The fraction of sp³-hybridized carbons (Fsp3) is 0.556. The van der Waals surface area contributed by atoms with E-state index < -0.39 is 6.10 Å². The van der Waals surface area contributed by atoms with Gasteiger partial charge in [-0.25, -0.2) is 0 Å². The summed E-state index contributed by atoms with van der Waals surface area (Å²) in [6.45, 7) is 10.0. The zero-order valence-corrected chi connectivity index (χ0v) is 14.6. The molecule has 128 valence electrons. The van der Waals surface area contributed by atoms with Crippen molar-refractivity contribution < 1.29 is 14.7 Å². The Hall–Kier alpha value is -1.88. The van der Waals surface area contributed by atoms with Gasteiger partial charge in [0, 0.05) is 23.7 Å². The lowest BCUT2D eigenvalue weighted by Gasteiger charge is -2.26. The van der Waals surface area contributed by atoms with Crippen LogP contribution in [0, 0.1) is 5.41 Å². The van der Waals surface area contributed by atoms with Crippen molar-refractivity contribution in [2.24, 2.45) is 5.41 Å². The topological polar surface area (TPSA) is 78.4 Å². The summed E-state index contributed by atoms with van der Waals surface area (Å²) >= 11 is 0. The first-order chi connectivity index (χ1) is 10.6. The number of benzene rings is 1. The number of aliphatic hydroxyl groups excluding tert-OH is 1. The third kappa shape index (κ3) is 6.82. The van der Waals surface area contributed by atoms with E-state index in [2.05, 4.69) is 10.6 Å². The van der Waals surface area contributed by atoms with Crippen molar-refractivity contribution in [3.05, 3.63) is 35.4 Å².